The van der Waals surface area contributed by atoms with Crippen molar-refractivity contribution in [2.45, 2.75) is 0 Å². The monoisotopic (exact) mass is 799 g/mol. The largest absolute Gasteiger partial charge is 0.310 e. The smallest absolute Gasteiger partial charge is 0.0468 e. The van der Waals surface area contributed by atoms with E-state index < -0.39 is 0 Å². The van der Waals surface area contributed by atoms with E-state index in [0.29, 0.717) is 0 Å². The minimum Gasteiger partial charge on any atom is -0.310 e. The molecule has 0 fully saturated rings. The Morgan fingerprint density at radius 3 is 1.30 bits per heavy atom. The Hall–Kier alpha value is -8.26. The lowest BCUT2D eigenvalue weighted by Crippen LogP contribution is -2.09. The SMILES string of the molecule is c1ccc(-c2c(-c3ccccc3)c3cc(-c4ccc(N(c5ccc(-c6ccc7ccccc7c6)cc5)c5ccc6c(ccc7ccccc76)c5)cc4)ccc3c3ccccc23)cc1. The molecule has 0 spiro atoms. The highest BCUT2D eigenvalue weighted by atomic mass is 15.1. The number of fused-ring (bicyclic) bond motifs is 7. The van der Waals surface area contributed by atoms with E-state index >= 15 is 0 Å². The van der Waals surface area contributed by atoms with Crippen LogP contribution in [-0.4, -0.2) is 0 Å². The summed E-state index contributed by atoms with van der Waals surface area (Å²) in [6.07, 6.45) is 0. The van der Waals surface area contributed by atoms with Gasteiger partial charge in [-0.15, -0.1) is 0 Å². The molecule has 0 heterocycles. The van der Waals surface area contributed by atoms with E-state index in [1.165, 1.54) is 98.4 Å². The number of nitrogens with zero attached hydrogens (tertiary/aromatic N) is 1. The molecule has 0 aliphatic carbocycles. The zero-order chi connectivity index (χ0) is 41.7. The van der Waals surface area contributed by atoms with Crippen LogP contribution in [-0.2, 0) is 0 Å². The molecule has 0 unspecified atom stereocenters. The van der Waals surface area contributed by atoms with Crippen LogP contribution in [0.3, 0.4) is 0 Å². The molecule has 12 aromatic carbocycles. The van der Waals surface area contributed by atoms with Crippen molar-refractivity contribution < 1.29 is 0 Å². The molecule has 0 bridgehead atoms. The lowest BCUT2D eigenvalue weighted by Gasteiger charge is -2.26. The zero-order valence-corrected chi connectivity index (χ0v) is 34.6. The summed E-state index contributed by atoms with van der Waals surface area (Å²) >= 11 is 0. The Kier molecular flexibility index (Phi) is 8.90. The first-order valence-corrected chi connectivity index (χ1v) is 21.7. The van der Waals surface area contributed by atoms with E-state index in [4.69, 9.17) is 0 Å². The maximum atomic E-state index is 2.41. The molecule has 0 aliphatic rings. The molecular weight excluding hydrogens is 759 g/mol. The summed E-state index contributed by atoms with van der Waals surface area (Å²) in [7, 11) is 0. The first-order chi connectivity index (χ1) is 31.2. The summed E-state index contributed by atoms with van der Waals surface area (Å²) in [6, 6.07) is 91.1. The summed E-state index contributed by atoms with van der Waals surface area (Å²) in [5.74, 6) is 0. The van der Waals surface area contributed by atoms with Crippen LogP contribution in [0.1, 0.15) is 0 Å². The van der Waals surface area contributed by atoms with Gasteiger partial charge < -0.3 is 4.90 Å². The van der Waals surface area contributed by atoms with Gasteiger partial charge in [-0.25, -0.2) is 0 Å². The Morgan fingerprint density at radius 1 is 0.190 bits per heavy atom. The van der Waals surface area contributed by atoms with Crippen LogP contribution in [0.5, 0.6) is 0 Å². The van der Waals surface area contributed by atoms with Crippen LogP contribution in [0.2, 0.25) is 0 Å². The van der Waals surface area contributed by atoms with Crippen LogP contribution in [0.4, 0.5) is 17.1 Å². The molecule has 0 amide bonds. The quantitative estimate of drug-likeness (QED) is 0.145. The molecular formula is C62H41N. The fourth-order valence-corrected chi connectivity index (χ4v) is 9.74. The van der Waals surface area contributed by atoms with Crippen molar-refractivity contribution in [1.82, 2.24) is 0 Å². The molecule has 0 saturated carbocycles. The first kappa shape index (κ1) is 36.6. The predicted octanol–water partition coefficient (Wildman–Crippen LogP) is 17.6. The van der Waals surface area contributed by atoms with Gasteiger partial charge in [0.2, 0.25) is 0 Å². The Labute approximate surface area is 367 Å². The van der Waals surface area contributed by atoms with Crippen LogP contribution in [0.25, 0.3) is 98.4 Å². The molecule has 12 rings (SSSR count). The summed E-state index contributed by atoms with van der Waals surface area (Å²) in [5, 5.41) is 12.5. The third-order valence-electron chi connectivity index (χ3n) is 12.8. The fourth-order valence-electron chi connectivity index (χ4n) is 9.74. The average Bonchev–Trinajstić information content (AvgIpc) is 3.36. The number of rotatable bonds is 7. The van der Waals surface area contributed by atoms with Gasteiger partial charge in [0.1, 0.15) is 0 Å². The highest BCUT2D eigenvalue weighted by molar-refractivity contribution is 6.22. The highest BCUT2D eigenvalue weighted by Crippen LogP contribution is 2.46. The van der Waals surface area contributed by atoms with Crippen LogP contribution in [0.15, 0.2) is 249 Å². The van der Waals surface area contributed by atoms with E-state index in [9.17, 15) is 0 Å². The number of anilines is 3. The standard InChI is InChI=1S/C62H41N/c1-3-15-46(16-4-1)61-59-22-12-11-21-57(59)58-37-31-50(41-60(58)62(61)47-17-5-2-6-18-47)44-29-34-53(35-30-44)63(54-36-38-56-51(40-54)26-24-45-14-9-10-20-55(45)56)52-32-27-43(28-33-52)49-25-23-42-13-7-8-19-48(42)39-49/h1-41H. The molecule has 0 N–H and O–H groups in total. The lowest BCUT2D eigenvalue weighted by molar-refractivity contribution is 1.29. The van der Waals surface area contributed by atoms with Crippen molar-refractivity contribution in [2.75, 3.05) is 4.90 Å². The van der Waals surface area contributed by atoms with Crippen molar-refractivity contribution in [3.05, 3.63) is 249 Å². The third kappa shape index (κ3) is 6.50. The zero-order valence-electron chi connectivity index (χ0n) is 34.6. The molecule has 0 atom stereocenters. The van der Waals surface area contributed by atoms with Gasteiger partial charge in [0.15, 0.2) is 0 Å². The normalized spacial score (nSPS) is 11.5. The van der Waals surface area contributed by atoms with Gasteiger partial charge in [0, 0.05) is 17.1 Å². The summed E-state index contributed by atoms with van der Waals surface area (Å²) in [6.45, 7) is 0. The van der Waals surface area contributed by atoms with Gasteiger partial charge in [0.05, 0.1) is 0 Å². The van der Waals surface area contributed by atoms with Crippen LogP contribution in [0, 0.1) is 0 Å². The predicted molar refractivity (Wildman–Crippen MR) is 270 cm³/mol. The van der Waals surface area contributed by atoms with E-state index in [2.05, 4.69) is 254 Å². The summed E-state index contributed by atoms with van der Waals surface area (Å²) in [4.78, 5) is 2.38. The van der Waals surface area contributed by atoms with Gasteiger partial charge in [-0.3, -0.25) is 0 Å². The van der Waals surface area contributed by atoms with Gasteiger partial charge in [-0.1, -0.05) is 200 Å². The third-order valence-corrected chi connectivity index (χ3v) is 12.8. The first-order valence-electron chi connectivity index (χ1n) is 21.7. The summed E-state index contributed by atoms with van der Waals surface area (Å²) < 4.78 is 0. The van der Waals surface area contributed by atoms with Gasteiger partial charge in [-0.05, 0) is 147 Å². The second-order valence-electron chi connectivity index (χ2n) is 16.5. The van der Waals surface area contributed by atoms with Gasteiger partial charge >= 0.3 is 0 Å². The number of benzene rings is 12. The summed E-state index contributed by atoms with van der Waals surface area (Å²) in [5.41, 5.74) is 13.0. The van der Waals surface area contributed by atoms with E-state index in [1.54, 1.807) is 0 Å². The molecule has 0 saturated heterocycles. The second-order valence-corrected chi connectivity index (χ2v) is 16.5. The van der Waals surface area contributed by atoms with Crippen molar-refractivity contribution in [1.29, 1.82) is 0 Å². The van der Waals surface area contributed by atoms with Crippen molar-refractivity contribution in [2.24, 2.45) is 0 Å². The molecule has 1 heteroatoms. The second kappa shape index (κ2) is 15.3. The molecule has 0 radical (unpaired) electrons. The minimum absolute atomic E-state index is 1.10. The van der Waals surface area contributed by atoms with Gasteiger partial charge in [-0.2, -0.15) is 0 Å². The van der Waals surface area contributed by atoms with Crippen molar-refractivity contribution in [3.63, 3.8) is 0 Å². The minimum atomic E-state index is 1.10. The molecule has 294 valence electrons. The highest BCUT2D eigenvalue weighted by Gasteiger charge is 2.19. The van der Waals surface area contributed by atoms with Crippen LogP contribution >= 0.6 is 0 Å². The molecule has 12 aromatic rings. The van der Waals surface area contributed by atoms with E-state index in [-0.39, 0.29) is 0 Å². The number of hydrogen-bond acceptors (Lipinski definition) is 1. The molecule has 1 nitrogen and oxygen atoms in total. The van der Waals surface area contributed by atoms with Crippen molar-refractivity contribution >= 4 is 70.9 Å². The molecule has 63 heavy (non-hydrogen) atoms. The van der Waals surface area contributed by atoms with E-state index in [1.807, 2.05) is 0 Å². The van der Waals surface area contributed by atoms with E-state index in [0.717, 1.165) is 17.1 Å². The molecule has 0 aliphatic heterocycles. The molecule has 0 aromatic heterocycles. The lowest BCUT2D eigenvalue weighted by atomic mass is 9.84. The Balaban J connectivity index is 0.988. The van der Waals surface area contributed by atoms with Crippen molar-refractivity contribution in [3.8, 4) is 44.5 Å². The fraction of sp³-hybridized carbons (Fsp3) is 0. The van der Waals surface area contributed by atoms with Gasteiger partial charge in [0.25, 0.3) is 0 Å². The Morgan fingerprint density at radius 2 is 0.619 bits per heavy atom. The maximum Gasteiger partial charge on any atom is 0.0468 e. The Bertz CT molecular complexity index is 3650. The maximum absolute atomic E-state index is 2.41. The van der Waals surface area contributed by atoms with Crippen LogP contribution < -0.4 is 4.90 Å². The topological polar surface area (TPSA) is 3.24 Å². The average molecular weight is 800 g/mol. The number of hydrogen-bond donors (Lipinski definition) is 0.